The van der Waals surface area contributed by atoms with E-state index in [9.17, 15) is 8.42 Å². The molecule has 1 fully saturated rings. The summed E-state index contributed by atoms with van der Waals surface area (Å²) >= 11 is 1.61. The van der Waals surface area contributed by atoms with Crippen molar-refractivity contribution >= 4 is 21.4 Å². The van der Waals surface area contributed by atoms with Crippen LogP contribution in [0.1, 0.15) is 43.6 Å². The summed E-state index contributed by atoms with van der Waals surface area (Å²) in [6, 6.07) is 4.14. The first kappa shape index (κ1) is 14.7. The summed E-state index contributed by atoms with van der Waals surface area (Å²) in [6.07, 6.45) is 4.99. The molecule has 0 saturated carbocycles. The second-order valence-electron chi connectivity index (χ2n) is 5.54. The van der Waals surface area contributed by atoms with Crippen molar-refractivity contribution in [3.05, 3.63) is 34.9 Å². The van der Waals surface area contributed by atoms with E-state index in [4.69, 9.17) is 0 Å². The highest BCUT2D eigenvalue weighted by Crippen LogP contribution is 2.38. The molecule has 1 aliphatic heterocycles. The molecule has 0 aromatic carbocycles. The number of sulfonamides is 1. The van der Waals surface area contributed by atoms with Gasteiger partial charge in [0.25, 0.3) is 10.0 Å². The summed E-state index contributed by atoms with van der Waals surface area (Å²) in [5, 5.41) is 2.14. The van der Waals surface area contributed by atoms with Crippen LogP contribution in [0.15, 0.2) is 35.1 Å². The van der Waals surface area contributed by atoms with Crippen molar-refractivity contribution < 1.29 is 8.42 Å². The molecule has 3 heterocycles. The molecule has 1 saturated heterocycles. The van der Waals surface area contributed by atoms with E-state index in [-0.39, 0.29) is 17.1 Å². The van der Waals surface area contributed by atoms with Gasteiger partial charge in [0.15, 0.2) is 5.03 Å². The van der Waals surface area contributed by atoms with E-state index in [0.717, 1.165) is 17.7 Å². The van der Waals surface area contributed by atoms with Crippen molar-refractivity contribution in [1.29, 1.82) is 0 Å². The highest BCUT2D eigenvalue weighted by molar-refractivity contribution is 7.89. The number of hydrogen-bond acceptors (Lipinski definition) is 4. The Morgan fingerprint density at radius 3 is 2.86 bits per heavy atom. The number of hydrogen-bond donors (Lipinski definition) is 0. The van der Waals surface area contributed by atoms with Gasteiger partial charge in [-0.25, -0.2) is 13.4 Å². The Morgan fingerprint density at radius 2 is 2.24 bits per heavy atom. The Hall–Kier alpha value is -1.18. The zero-order chi connectivity index (χ0) is 15.0. The van der Waals surface area contributed by atoms with E-state index >= 15 is 0 Å². The van der Waals surface area contributed by atoms with Crippen LogP contribution in [0.2, 0.25) is 0 Å². The molecule has 0 aliphatic carbocycles. The maximum Gasteiger partial charge on any atom is 0.262 e. The molecular formula is C14H19N3O2S2. The van der Waals surface area contributed by atoms with Gasteiger partial charge < -0.3 is 4.57 Å². The molecule has 3 rings (SSSR count). The van der Waals surface area contributed by atoms with Crippen LogP contribution >= 0.6 is 11.3 Å². The standard InChI is InChI=1S/C14H19N3O2S2/c1-11(2)16-9-14(15-10-16)21(18,19)17-7-3-5-12(17)13-6-4-8-20-13/h4,6,8-12H,3,5,7H2,1-2H3. The van der Waals surface area contributed by atoms with Crippen molar-refractivity contribution in [1.82, 2.24) is 13.9 Å². The van der Waals surface area contributed by atoms with Gasteiger partial charge in [0, 0.05) is 23.7 Å². The van der Waals surface area contributed by atoms with Gasteiger partial charge in [-0.2, -0.15) is 4.31 Å². The molecule has 0 bridgehead atoms. The Balaban J connectivity index is 1.93. The first-order chi connectivity index (χ1) is 10.00. The van der Waals surface area contributed by atoms with Gasteiger partial charge in [-0.15, -0.1) is 11.3 Å². The van der Waals surface area contributed by atoms with Gasteiger partial charge in [-0.05, 0) is 38.1 Å². The van der Waals surface area contributed by atoms with Crippen molar-refractivity contribution in [2.24, 2.45) is 0 Å². The zero-order valence-electron chi connectivity index (χ0n) is 12.1. The predicted octanol–water partition coefficient (Wildman–Crippen LogP) is 3.05. The number of imidazole rings is 1. The SMILES string of the molecule is CC(C)n1cnc(S(=O)(=O)N2CCCC2c2cccs2)c1. The molecule has 114 valence electrons. The largest absolute Gasteiger partial charge is 0.334 e. The average molecular weight is 325 g/mol. The van der Waals surface area contributed by atoms with Crippen LogP contribution in [0.5, 0.6) is 0 Å². The minimum atomic E-state index is -3.52. The summed E-state index contributed by atoms with van der Waals surface area (Å²) in [5.74, 6) is 0. The Bertz CT molecular complexity index is 704. The van der Waals surface area contributed by atoms with Crippen LogP contribution in [0.4, 0.5) is 0 Å². The smallest absolute Gasteiger partial charge is 0.262 e. The molecule has 1 atom stereocenters. The molecule has 1 aliphatic rings. The summed E-state index contributed by atoms with van der Waals surface area (Å²) < 4.78 is 29.1. The van der Waals surface area contributed by atoms with Gasteiger partial charge in [0.1, 0.15) is 0 Å². The fourth-order valence-electron chi connectivity index (χ4n) is 2.65. The normalized spacial score (nSPS) is 20.4. The molecule has 7 heteroatoms. The number of nitrogens with zero attached hydrogens (tertiary/aromatic N) is 3. The van der Waals surface area contributed by atoms with Crippen LogP contribution in [0.25, 0.3) is 0 Å². The summed E-state index contributed by atoms with van der Waals surface area (Å²) in [6.45, 7) is 4.57. The molecule has 0 spiro atoms. The fourth-order valence-corrected chi connectivity index (χ4v) is 5.19. The van der Waals surface area contributed by atoms with Gasteiger partial charge in [0.05, 0.1) is 12.4 Å². The van der Waals surface area contributed by atoms with Crippen LogP contribution in [-0.4, -0.2) is 28.8 Å². The van der Waals surface area contributed by atoms with E-state index in [1.807, 2.05) is 35.9 Å². The van der Waals surface area contributed by atoms with Crippen molar-refractivity contribution in [2.75, 3.05) is 6.54 Å². The summed E-state index contributed by atoms with van der Waals surface area (Å²) in [4.78, 5) is 5.22. The molecular weight excluding hydrogens is 306 g/mol. The van der Waals surface area contributed by atoms with E-state index in [2.05, 4.69) is 4.98 Å². The molecule has 1 unspecified atom stereocenters. The zero-order valence-corrected chi connectivity index (χ0v) is 13.8. The Morgan fingerprint density at radius 1 is 1.43 bits per heavy atom. The molecule has 0 amide bonds. The third kappa shape index (κ3) is 2.65. The number of thiophene rings is 1. The van der Waals surface area contributed by atoms with Gasteiger partial charge >= 0.3 is 0 Å². The minimum absolute atomic E-state index is 0.0424. The third-order valence-corrected chi connectivity index (χ3v) is 6.59. The van der Waals surface area contributed by atoms with E-state index in [1.165, 1.54) is 0 Å². The first-order valence-electron chi connectivity index (χ1n) is 7.09. The average Bonchev–Trinajstić information content (AvgIpc) is 3.19. The topological polar surface area (TPSA) is 55.2 Å². The lowest BCUT2D eigenvalue weighted by atomic mass is 10.2. The monoisotopic (exact) mass is 325 g/mol. The summed E-state index contributed by atoms with van der Waals surface area (Å²) in [7, 11) is -3.52. The van der Waals surface area contributed by atoms with Crippen LogP contribution in [0.3, 0.4) is 0 Å². The molecule has 0 N–H and O–H groups in total. The van der Waals surface area contributed by atoms with Gasteiger partial charge in [0.2, 0.25) is 0 Å². The maximum atomic E-state index is 12.8. The molecule has 0 radical (unpaired) electrons. The van der Waals surface area contributed by atoms with Crippen LogP contribution in [-0.2, 0) is 10.0 Å². The highest BCUT2D eigenvalue weighted by Gasteiger charge is 2.37. The van der Waals surface area contributed by atoms with Crippen molar-refractivity contribution in [2.45, 2.75) is 43.8 Å². The van der Waals surface area contributed by atoms with Gasteiger partial charge in [-0.3, -0.25) is 0 Å². The quantitative estimate of drug-likeness (QED) is 0.868. The molecule has 5 nitrogen and oxygen atoms in total. The second kappa shape index (κ2) is 5.55. The second-order valence-corrected chi connectivity index (χ2v) is 8.36. The molecule has 2 aromatic heterocycles. The number of aromatic nitrogens is 2. The Labute approximate surface area is 129 Å². The van der Waals surface area contributed by atoms with Crippen LogP contribution in [0, 0.1) is 0 Å². The van der Waals surface area contributed by atoms with Gasteiger partial charge in [-0.1, -0.05) is 6.07 Å². The van der Waals surface area contributed by atoms with E-state index < -0.39 is 10.0 Å². The fraction of sp³-hybridized carbons (Fsp3) is 0.500. The first-order valence-corrected chi connectivity index (χ1v) is 9.41. The number of rotatable bonds is 4. The Kier molecular flexibility index (Phi) is 3.90. The lowest BCUT2D eigenvalue weighted by Crippen LogP contribution is -2.30. The lowest BCUT2D eigenvalue weighted by Gasteiger charge is -2.22. The molecule has 2 aromatic rings. The predicted molar refractivity (Wildman–Crippen MR) is 82.8 cm³/mol. The van der Waals surface area contributed by atoms with E-state index in [1.54, 1.807) is 28.2 Å². The molecule has 21 heavy (non-hydrogen) atoms. The summed E-state index contributed by atoms with van der Waals surface area (Å²) in [5.41, 5.74) is 0. The van der Waals surface area contributed by atoms with Crippen molar-refractivity contribution in [3.8, 4) is 0 Å². The third-order valence-electron chi connectivity index (χ3n) is 3.82. The van der Waals surface area contributed by atoms with Crippen LogP contribution < -0.4 is 0 Å². The highest BCUT2D eigenvalue weighted by atomic mass is 32.2. The maximum absolute atomic E-state index is 12.8. The minimum Gasteiger partial charge on any atom is -0.334 e. The lowest BCUT2D eigenvalue weighted by molar-refractivity contribution is 0.399. The van der Waals surface area contributed by atoms with E-state index in [0.29, 0.717) is 6.54 Å². The van der Waals surface area contributed by atoms with Crippen molar-refractivity contribution in [3.63, 3.8) is 0 Å².